The van der Waals surface area contributed by atoms with Crippen molar-refractivity contribution in [2.45, 2.75) is 13.3 Å². The van der Waals surface area contributed by atoms with E-state index in [0.717, 1.165) is 34.5 Å². The summed E-state index contributed by atoms with van der Waals surface area (Å²) in [5.41, 5.74) is 4.96. The first-order valence-electron chi connectivity index (χ1n) is 5.67. The Morgan fingerprint density at radius 1 is 1.29 bits per heavy atom. The van der Waals surface area contributed by atoms with Gasteiger partial charge in [-0.1, -0.05) is 0 Å². The zero-order chi connectivity index (χ0) is 11.8. The van der Waals surface area contributed by atoms with Crippen LogP contribution in [0.4, 0.5) is 0 Å². The van der Waals surface area contributed by atoms with Crippen molar-refractivity contribution in [2.24, 2.45) is 0 Å². The summed E-state index contributed by atoms with van der Waals surface area (Å²) in [5, 5.41) is 2.87. The highest BCUT2D eigenvalue weighted by molar-refractivity contribution is 5.99. The first-order chi connectivity index (χ1) is 8.27. The van der Waals surface area contributed by atoms with E-state index in [1.807, 2.05) is 19.1 Å². The Balaban J connectivity index is 2.17. The fourth-order valence-electron chi connectivity index (χ4n) is 2.35. The van der Waals surface area contributed by atoms with Gasteiger partial charge in [0.1, 0.15) is 0 Å². The van der Waals surface area contributed by atoms with Crippen molar-refractivity contribution in [2.75, 3.05) is 6.54 Å². The minimum atomic E-state index is 0.0281. The lowest BCUT2D eigenvalue weighted by atomic mass is 10.0. The van der Waals surface area contributed by atoms with Crippen LogP contribution < -0.4 is 5.32 Å². The molecule has 3 rings (SSSR count). The molecule has 86 valence electrons. The summed E-state index contributed by atoms with van der Waals surface area (Å²) in [4.78, 5) is 19.2. The summed E-state index contributed by atoms with van der Waals surface area (Å²) < 4.78 is 0. The van der Waals surface area contributed by atoms with Crippen LogP contribution in [0.5, 0.6) is 0 Å². The molecule has 0 unspecified atom stereocenters. The molecule has 0 bridgehead atoms. The topological polar surface area (TPSA) is 57.8 Å². The van der Waals surface area contributed by atoms with Gasteiger partial charge in [-0.05, 0) is 24.6 Å². The second kappa shape index (κ2) is 3.73. The monoisotopic (exact) mass is 227 g/mol. The Morgan fingerprint density at radius 2 is 2.06 bits per heavy atom. The van der Waals surface area contributed by atoms with Crippen molar-refractivity contribution in [1.82, 2.24) is 15.3 Å². The SMILES string of the molecule is Cc1c(-c2ccncc2)[nH]c2c1C(=O)NCC2. The number of nitrogens with zero attached hydrogens (tertiary/aromatic N) is 1. The van der Waals surface area contributed by atoms with Crippen LogP contribution in [0.15, 0.2) is 24.5 Å². The predicted molar refractivity (Wildman–Crippen MR) is 64.8 cm³/mol. The number of carbonyl (C=O) groups is 1. The molecule has 1 aliphatic rings. The van der Waals surface area contributed by atoms with Gasteiger partial charge in [0.2, 0.25) is 0 Å². The molecule has 2 N–H and O–H groups in total. The predicted octanol–water partition coefficient (Wildman–Crippen LogP) is 1.67. The van der Waals surface area contributed by atoms with Crippen LogP contribution in [-0.2, 0) is 6.42 Å². The number of amides is 1. The molecule has 17 heavy (non-hydrogen) atoms. The van der Waals surface area contributed by atoms with Gasteiger partial charge in [-0.2, -0.15) is 0 Å². The molecule has 0 saturated carbocycles. The van der Waals surface area contributed by atoms with E-state index in [4.69, 9.17) is 0 Å². The molecule has 2 aromatic rings. The highest BCUT2D eigenvalue weighted by Crippen LogP contribution is 2.28. The quantitative estimate of drug-likeness (QED) is 0.778. The van der Waals surface area contributed by atoms with Gasteiger partial charge in [-0.15, -0.1) is 0 Å². The molecule has 4 nitrogen and oxygen atoms in total. The Kier molecular flexibility index (Phi) is 2.21. The standard InChI is InChI=1S/C13H13N3O/c1-8-11-10(4-7-15-13(11)17)16-12(8)9-2-5-14-6-3-9/h2-3,5-6,16H,4,7H2,1H3,(H,15,17). The summed E-state index contributed by atoms with van der Waals surface area (Å²) >= 11 is 0. The van der Waals surface area contributed by atoms with E-state index in [-0.39, 0.29) is 5.91 Å². The number of hydrogen-bond acceptors (Lipinski definition) is 2. The number of aromatic amines is 1. The molecule has 0 saturated heterocycles. The maximum absolute atomic E-state index is 11.8. The summed E-state index contributed by atoms with van der Waals surface area (Å²) in [5.74, 6) is 0.0281. The van der Waals surface area contributed by atoms with Gasteiger partial charge < -0.3 is 10.3 Å². The number of carbonyl (C=O) groups excluding carboxylic acids is 1. The lowest BCUT2D eigenvalue weighted by molar-refractivity contribution is 0.0945. The van der Waals surface area contributed by atoms with E-state index in [9.17, 15) is 4.79 Å². The number of hydrogen-bond donors (Lipinski definition) is 2. The maximum Gasteiger partial charge on any atom is 0.253 e. The molecule has 3 heterocycles. The van der Waals surface area contributed by atoms with Crippen molar-refractivity contribution in [1.29, 1.82) is 0 Å². The lowest BCUT2D eigenvalue weighted by Crippen LogP contribution is -2.31. The second-order valence-electron chi connectivity index (χ2n) is 4.22. The first kappa shape index (κ1) is 10.1. The van der Waals surface area contributed by atoms with Crippen molar-refractivity contribution in [3.63, 3.8) is 0 Å². The van der Waals surface area contributed by atoms with Gasteiger partial charge >= 0.3 is 0 Å². The van der Waals surface area contributed by atoms with Crippen LogP contribution in [-0.4, -0.2) is 22.4 Å². The van der Waals surface area contributed by atoms with Crippen LogP contribution in [0.2, 0.25) is 0 Å². The molecule has 0 radical (unpaired) electrons. The van der Waals surface area contributed by atoms with E-state index in [0.29, 0.717) is 6.54 Å². The Morgan fingerprint density at radius 3 is 2.76 bits per heavy atom. The summed E-state index contributed by atoms with van der Waals surface area (Å²) in [7, 11) is 0. The Bertz CT molecular complexity index is 572. The van der Waals surface area contributed by atoms with Crippen molar-refractivity contribution in [3.05, 3.63) is 41.3 Å². The first-order valence-corrected chi connectivity index (χ1v) is 5.67. The lowest BCUT2D eigenvalue weighted by Gasteiger charge is -2.12. The van der Waals surface area contributed by atoms with E-state index < -0.39 is 0 Å². The molecular formula is C13H13N3O. The smallest absolute Gasteiger partial charge is 0.253 e. The average molecular weight is 227 g/mol. The maximum atomic E-state index is 11.8. The average Bonchev–Trinajstić information content (AvgIpc) is 2.69. The normalized spacial score (nSPS) is 14.3. The van der Waals surface area contributed by atoms with Gasteiger partial charge in [0, 0.05) is 42.3 Å². The van der Waals surface area contributed by atoms with E-state index in [1.165, 1.54) is 0 Å². The fourth-order valence-corrected chi connectivity index (χ4v) is 2.35. The van der Waals surface area contributed by atoms with E-state index in [1.54, 1.807) is 12.4 Å². The summed E-state index contributed by atoms with van der Waals surface area (Å²) in [6, 6.07) is 3.89. The summed E-state index contributed by atoms with van der Waals surface area (Å²) in [6.07, 6.45) is 4.39. The Labute approximate surface area is 99.1 Å². The van der Waals surface area contributed by atoms with Crippen LogP contribution in [0, 0.1) is 6.92 Å². The third kappa shape index (κ3) is 1.53. The zero-order valence-corrected chi connectivity index (χ0v) is 9.58. The van der Waals surface area contributed by atoms with Crippen LogP contribution >= 0.6 is 0 Å². The van der Waals surface area contributed by atoms with Gasteiger partial charge in [0.15, 0.2) is 0 Å². The molecule has 1 amide bonds. The Hall–Kier alpha value is -2.10. The number of H-pyrrole nitrogens is 1. The van der Waals surface area contributed by atoms with Gasteiger partial charge in [0.25, 0.3) is 5.91 Å². The van der Waals surface area contributed by atoms with Crippen LogP contribution in [0.1, 0.15) is 21.6 Å². The van der Waals surface area contributed by atoms with Crippen molar-refractivity contribution < 1.29 is 4.79 Å². The molecule has 4 heteroatoms. The van der Waals surface area contributed by atoms with Crippen LogP contribution in [0.3, 0.4) is 0 Å². The summed E-state index contributed by atoms with van der Waals surface area (Å²) in [6.45, 7) is 2.69. The molecular weight excluding hydrogens is 214 g/mol. The van der Waals surface area contributed by atoms with Crippen molar-refractivity contribution in [3.8, 4) is 11.3 Å². The molecule has 0 spiro atoms. The third-order valence-electron chi connectivity index (χ3n) is 3.18. The number of aromatic nitrogens is 2. The number of nitrogens with one attached hydrogen (secondary N) is 2. The molecule has 0 aliphatic carbocycles. The molecule has 2 aromatic heterocycles. The number of rotatable bonds is 1. The second-order valence-corrected chi connectivity index (χ2v) is 4.22. The zero-order valence-electron chi connectivity index (χ0n) is 9.58. The van der Waals surface area contributed by atoms with Crippen LogP contribution in [0.25, 0.3) is 11.3 Å². The number of pyridine rings is 1. The highest BCUT2D eigenvalue weighted by atomic mass is 16.1. The van der Waals surface area contributed by atoms with Gasteiger partial charge in [-0.3, -0.25) is 9.78 Å². The third-order valence-corrected chi connectivity index (χ3v) is 3.18. The van der Waals surface area contributed by atoms with Gasteiger partial charge in [0.05, 0.1) is 5.56 Å². The molecule has 0 aromatic carbocycles. The molecule has 0 atom stereocenters. The van der Waals surface area contributed by atoms with Gasteiger partial charge in [-0.25, -0.2) is 0 Å². The number of fused-ring (bicyclic) bond motifs is 1. The molecule has 1 aliphatic heterocycles. The minimum Gasteiger partial charge on any atom is -0.357 e. The minimum absolute atomic E-state index is 0.0281. The highest BCUT2D eigenvalue weighted by Gasteiger charge is 2.23. The van der Waals surface area contributed by atoms with Crippen molar-refractivity contribution >= 4 is 5.91 Å². The molecule has 0 fully saturated rings. The van der Waals surface area contributed by atoms with E-state index >= 15 is 0 Å². The fraction of sp³-hybridized carbons (Fsp3) is 0.231. The van der Waals surface area contributed by atoms with E-state index in [2.05, 4.69) is 15.3 Å². The largest absolute Gasteiger partial charge is 0.357 e.